The summed E-state index contributed by atoms with van der Waals surface area (Å²) in [6.45, 7) is 15.9. The summed E-state index contributed by atoms with van der Waals surface area (Å²) >= 11 is 0. The maximum atomic E-state index is 13.8. The standard InChI is InChI=1S/C19H18FN2.C13H24O2.Ir/c1-11(2)14-5-6-16-17(9-14)21-10-22-19(16)15-7-12(3)18(20)13(4)8-15;1-5-10(6-2)12(14)9-13(15)11(7-3)8-4;/h5-7,9-11H,1-4H3;9-11,14H,5-8H2,1-4H3;/q-1;;/b;12-9-;. The minimum Gasteiger partial charge on any atom is -0.512 e. The molecule has 38 heavy (non-hydrogen) atoms. The molecule has 0 aliphatic rings. The molecule has 0 bridgehead atoms. The number of carbonyl (C=O) groups excluding carboxylic acids is 1. The number of carbonyl (C=O) groups is 1. The van der Waals surface area contributed by atoms with Gasteiger partial charge in [0.2, 0.25) is 0 Å². The van der Waals surface area contributed by atoms with Crippen LogP contribution in [0.25, 0.3) is 22.2 Å². The zero-order valence-corrected chi connectivity index (χ0v) is 26.4. The third-order valence-electron chi connectivity index (χ3n) is 7.02. The van der Waals surface area contributed by atoms with Gasteiger partial charge in [-0.2, -0.15) is 0 Å². The van der Waals surface area contributed by atoms with Crippen molar-refractivity contribution in [3.63, 3.8) is 0 Å². The summed E-state index contributed by atoms with van der Waals surface area (Å²) in [4.78, 5) is 20.5. The largest absolute Gasteiger partial charge is 0.512 e. The summed E-state index contributed by atoms with van der Waals surface area (Å²) in [5.41, 5.74) is 4.88. The third-order valence-corrected chi connectivity index (χ3v) is 7.02. The quantitative estimate of drug-likeness (QED) is 0.138. The van der Waals surface area contributed by atoms with E-state index in [-0.39, 0.29) is 49.3 Å². The smallest absolute Gasteiger partial charge is 0.162 e. The molecule has 209 valence electrons. The number of hydrogen-bond acceptors (Lipinski definition) is 4. The number of halogens is 1. The van der Waals surface area contributed by atoms with E-state index >= 15 is 0 Å². The van der Waals surface area contributed by atoms with E-state index in [2.05, 4.69) is 42.0 Å². The third kappa shape index (κ3) is 8.54. The first-order valence-electron chi connectivity index (χ1n) is 13.5. The molecule has 0 fully saturated rings. The topological polar surface area (TPSA) is 63.1 Å². The number of allylic oxidation sites excluding steroid dienone is 2. The zero-order valence-electron chi connectivity index (χ0n) is 24.0. The van der Waals surface area contributed by atoms with Crippen LogP contribution >= 0.6 is 0 Å². The van der Waals surface area contributed by atoms with Crippen LogP contribution in [0, 0.1) is 37.6 Å². The van der Waals surface area contributed by atoms with Gasteiger partial charge in [0, 0.05) is 43.8 Å². The van der Waals surface area contributed by atoms with Gasteiger partial charge in [0.25, 0.3) is 0 Å². The molecule has 0 amide bonds. The SMILES string of the molecule is CCC(CC)C(=O)/C=C(\O)C(CC)CC.Cc1[c-]c(-c2ncnc3cc(C(C)C)ccc23)cc(C)c1F.[Ir]. The Morgan fingerprint density at radius 1 is 1.00 bits per heavy atom. The Labute approximate surface area is 241 Å². The van der Waals surface area contributed by atoms with E-state index in [4.69, 9.17) is 0 Å². The molecule has 1 aromatic heterocycles. The Morgan fingerprint density at radius 2 is 1.61 bits per heavy atom. The van der Waals surface area contributed by atoms with E-state index in [0.29, 0.717) is 17.0 Å². The van der Waals surface area contributed by atoms with E-state index < -0.39 is 0 Å². The molecular weight excluding hydrogens is 656 g/mol. The monoisotopic (exact) mass is 698 g/mol. The summed E-state index contributed by atoms with van der Waals surface area (Å²) in [7, 11) is 0. The van der Waals surface area contributed by atoms with Crippen LogP contribution in [0.4, 0.5) is 4.39 Å². The molecular formula is C32H42FIrN2O2-. The molecule has 4 nitrogen and oxygen atoms in total. The fraction of sp³-hybridized carbons (Fsp3) is 0.469. The van der Waals surface area contributed by atoms with Gasteiger partial charge in [-0.05, 0) is 54.3 Å². The van der Waals surface area contributed by atoms with Gasteiger partial charge in [0.15, 0.2) is 5.78 Å². The molecule has 6 heteroatoms. The number of aliphatic hydroxyl groups excluding tert-OH is 1. The van der Waals surface area contributed by atoms with Crippen LogP contribution in [0.3, 0.4) is 0 Å². The molecule has 0 unspecified atom stereocenters. The number of benzene rings is 2. The molecule has 3 aromatic rings. The van der Waals surface area contributed by atoms with Crippen LogP contribution in [0.5, 0.6) is 0 Å². The molecule has 3 rings (SSSR count). The fourth-order valence-electron chi connectivity index (χ4n) is 4.42. The normalized spacial score (nSPS) is 11.5. The molecule has 0 spiro atoms. The Hall–Kier alpha value is -2.43. The summed E-state index contributed by atoms with van der Waals surface area (Å²) in [6, 6.07) is 11.1. The number of aliphatic hydroxyl groups is 1. The van der Waals surface area contributed by atoms with E-state index in [0.717, 1.165) is 47.8 Å². The number of aryl methyl sites for hydroxylation is 2. The second-order valence-corrected chi connectivity index (χ2v) is 9.96. The van der Waals surface area contributed by atoms with Gasteiger partial charge in [0.05, 0.1) is 11.3 Å². The number of hydrogen-bond donors (Lipinski definition) is 1. The molecule has 2 aromatic carbocycles. The van der Waals surface area contributed by atoms with Crippen molar-refractivity contribution < 1.29 is 34.4 Å². The maximum Gasteiger partial charge on any atom is 0.162 e. The first-order chi connectivity index (χ1) is 17.6. The second kappa shape index (κ2) is 15.9. The van der Waals surface area contributed by atoms with Crippen molar-refractivity contribution in [3.8, 4) is 11.3 Å². The van der Waals surface area contributed by atoms with Crippen LogP contribution in [0.2, 0.25) is 0 Å². The second-order valence-electron chi connectivity index (χ2n) is 9.96. The predicted molar refractivity (Wildman–Crippen MR) is 151 cm³/mol. The van der Waals surface area contributed by atoms with Gasteiger partial charge in [-0.1, -0.05) is 78.6 Å². The molecule has 0 atom stereocenters. The van der Waals surface area contributed by atoms with Gasteiger partial charge < -0.3 is 5.11 Å². The van der Waals surface area contributed by atoms with E-state index in [1.165, 1.54) is 11.6 Å². The van der Waals surface area contributed by atoms with Gasteiger partial charge in [0.1, 0.15) is 6.33 Å². The summed E-state index contributed by atoms with van der Waals surface area (Å²) in [5, 5.41) is 10.7. The van der Waals surface area contributed by atoms with Crippen molar-refractivity contribution in [3.05, 3.63) is 71.0 Å². The van der Waals surface area contributed by atoms with Crippen molar-refractivity contribution >= 4 is 16.7 Å². The van der Waals surface area contributed by atoms with E-state index in [1.807, 2.05) is 33.8 Å². The maximum absolute atomic E-state index is 13.8. The van der Waals surface area contributed by atoms with Gasteiger partial charge in [-0.15, -0.1) is 17.7 Å². The fourth-order valence-corrected chi connectivity index (χ4v) is 4.42. The average molecular weight is 698 g/mol. The molecule has 0 aliphatic carbocycles. The molecule has 0 aliphatic heterocycles. The first kappa shape index (κ1) is 33.6. The molecule has 0 saturated carbocycles. The summed E-state index contributed by atoms with van der Waals surface area (Å²) in [5.74, 6) is 0.792. The Kier molecular flexibility index (Phi) is 14.0. The van der Waals surface area contributed by atoms with Crippen molar-refractivity contribution in [1.29, 1.82) is 0 Å². The van der Waals surface area contributed by atoms with E-state index in [9.17, 15) is 14.3 Å². The summed E-state index contributed by atoms with van der Waals surface area (Å²) in [6.07, 6.45) is 6.47. The van der Waals surface area contributed by atoms with Crippen LogP contribution < -0.4 is 0 Å². The minimum atomic E-state index is -0.204. The molecule has 1 heterocycles. The summed E-state index contributed by atoms with van der Waals surface area (Å²) < 4.78 is 13.8. The Bertz CT molecular complexity index is 1210. The molecule has 1 N–H and O–H groups in total. The number of aromatic nitrogens is 2. The Balaban J connectivity index is 0.000000401. The number of fused-ring (bicyclic) bond motifs is 1. The number of rotatable bonds is 9. The average Bonchev–Trinajstić information content (AvgIpc) is 2.88. The molecule has 1 radical (unpaired) electrons. The van der Waals surface area contributed by atoms with Crippen LogP contribution in [-0.2, 0) is 24.9 Å². The Morgan fingerprint density at radius 3 is 2.13 bits per heavy atom. The van der Waals surface area contributed by atoms with Crippen molar-refractivity contribution in [2.45, 2.75) is 87.0 Å². The van der Waals surface area contributed by atoms with Crippen molar-refractivity contribution in [2.24, 2.45) is 11.8 Å². The first-order valence-corrected chi connectivity index (χ1v) is 13.5. The molecule has 0 saturated heterocycles. The number of nitrogens with zero attached hydrogens (tertiary/aromatic N) is 2. The van der Waals surface area contributed by atoms with Gasteiger partial charge in [-0.25, -0.2) is 4.98 Å². The van der Waals surface area contributed by atoms with Crippen LogP contribution in [0.15, 0.2) is 42.4 Å². The van der Waals surface area contributed by atoms with Crippen molar-refractivity contribution in [1.82, 2.24) is 9.97 Å². The van der Waals surface area contributed by atoms with Crippen molar-refractivity contribution in [2.75, 3.05) is 0 Å². The van der Waals surface area contributed by atoms with Crippen LogP contribution in [0.1, 0.15) is 89.8 Å². The number of ketones is 1. The van der Waals surface area contributed by atoms with Gasteiger partial charge in [-0.3, -0.25) is 14.2 Å². The van der Waals surface area contributed by atoms with Crippen LogP contribution in [-0.4, -0.2) is 20.9 Å². The van der Waals surface area contributed by atoms with E-state index in [1.54, 1.807) is 26.2 Å². The van der Waals surface area contributed by atoms with Gasteiger partial charge >= 0.3 is 0 Å². The minimum absolute atomic E-state index is 0. The zero-order chi connectivity index (χ0) is 27.7. The predicted octanol–water partition coefficient (Wildman–Crippen LogP) is 8.84.